The zero-order valence-corrected chi connectivity index (χ0v) is 15.6. The number of hydrogen-bond acceptors (Lipinski definition) is 3. The van der Waals surface area contributed by atoms with E-state index in [1.165, 1.54) is 19.1 Å². The summed E-state index contributed by atoms with van der Waals surface area (Å²) in [7, 11) is -3.16. The fourth-order valence-electron chi connectivity index (χ4n) is 4.47. The van der Waals surface area contributed by atoms with E-state index in [2.05, 4.69) is 18.7 Å². The van der Waals surface area contributed by atoms with Crippen molar-refractivity contribution in [2.45, 2.75) is 56.9 Å². The minimum Gasteiger partial charge on any atom is -0.339 e. The number of aryl methyl sites for hydroxylation is 1. The maximum absolute atomic E-state index is 12.7. The first-order chi connectivity index (χ1) is 11.2. The molecule has 0 bridgehead atoms. The topological polar surface area (TPSA) is 54.5 Å². The molecule has 2 fully saturated rings. The molecule has 1 amide bonds. The second-order valence-corrected chi connectivity index (χ2v) is 10.0. The number of carbonyl (C=O) groups excluding carboxylic acids is 1. The number of rotatable bonds is 4. The molecule has 0 spiro atoms. The number of fused-ring (bicyclic) bond motifs is 1. The number of hydrogen-bond donors (Lipinski definition) is 0. The predicted molar refractivity (Wildman–Crippen MR) is 94.5 cm³/mol. The van der Waals surface area contributed by atoms with Crippen LogP contribution in [0.2, 0.25) is 0 Å². The van der Waals surface area contributed by atoms with Crippen molar-refractivity contribution < 1.29 is 13.2 Å². The second kappa shape index (κ2) is 6.17. The van der Waals surface area contributed by atoms with E-state index in [0.717, 1.165) is 18.5 Å². The second-order valence-electron chi connectivity index (χ2n) is 8.03. The Bertz CT molecular complexity index is 721. The smallest absolute Gasteiger partial charge is 0.223 e. The van der Waals surface area contributed by atoms with Crippen molar-refractivity contribution >= 4 is 15.7 Å². The zero-order chi connectivity index (χ0) is 17.5. The van der Waals surface area contributed by atoms with Gasteiger partial charge in [0.1, 0.15) is 0 Å². The molecule has 1 aliphatic carbocycles. The Labute approximate surface area is 145 Å². The summed E-state index contributed by atoms with van der Waals surface area (Å²) < 4.78 is 23.0. The van der Waals surface area contributed by atoms with E-state index in [-0.39, 0.29) is 11.3 Å². The lowest BCUT2D eigenvalue weighted by molar-refractivity contribution is -0.132. The zero-order valence-electron chi connectivity index (χ0n) is 14.8. The Morgan fingerprint density at radius 2 is 1.88 bits per heavy atom. The van der Waals surface area contributed by atoms with E-state index in [1.807, 2.05) is 12.1 Å². The molecule has 0 N–H and O–H groups in total. The third kappa shape index (κ3) is 3.37. The summed E-state index contributed by atoms with van der Waals surface area (Å²) in [6.07, 6.45) is 5.99. The number of benzene rings is 1. The van der Waals surface area contributed by atoms with Gasteiger partial charge in [-0.15, -0.1) is 0 Å². The number of carbonyl (C=O) groups is 1. The third-order valence-corrected chi connectivity index (χ3v) is 6.89. The highest BCUT2D eigenvalue weighted by Crippen LogP contribution is 2.48. The average molecular weight is 349 g/mol. The van der Waals surface area contributed by atoms with E-state index in [1.54, 1.807) is 12.1 Å². The normalized spacial score (nSPS) is 25.7. The number of nitrogens with zero attached hydrogens (tertiary/aromatic N) is 1. The van der Waals surface area contributed by atoms with Gasteiger partial charge in [-0.05, 0) is 48.3 Å². The molecule has 1 aliphatic heterocycles. The minimum atomic E-state index is -3.16. The van der Waals surface area contributed by atoms with Crippen molar-refractivity contribution in [3.05, 3.63) is 29.8 Å². The predicted octanol–water partition coefficient (Wildman–Crippen LogP) is 3.06. The molecule has 1 saturated heterocycles. The van der Waals surface area contributed by atoms with Crippen molar-refractivity contribution in [2.24, 2.45) is 11.3 Å². The summed E-state index contributed by atoms with van der Waals surface area (Å²) in [6.45, 7) is 5.44. The largest absolute Gasteiger partial charge is 0.339 e. The Kier molecular flexibility index (Phi) is 4.49. The summed E-state index contributed by atoms with van der Waals surface area (Å²) >= 11 is 0. The minimum absolute atomic E-state index is 0.230. The molecule has 1 saturated carbocycles. The highest BCUT2D eigenvalue weighted by Gasteiger charge is 2.50. The van der Waals surface area contributed by atoms with Gasteiger partial charge < -0.3 is 4.90 Å². The van der Waals surface area contributed by atoms with Gasteiger partial charge in [0, 0.05) is 25.3 Å². The SMILES string of the molecule is CC1(C)CN(C(=O)CCc2ccc(S(C)(=O)=O)cc2)[C@@H]2CCC[C@@H]21. The fraction of sp³-hybridized carbons (Fsp3) is 0.632. The van der Waals surface area contributed by atoms with Gasteiger partial charge in [0.15, 0.2) is 9.84 Å². The number of likely N-dealkylation sites (tertiary alicyclic amines) is 1. The van der Waals surface area contributed by atoms with Crippen LogP contribution in [0.15, 0.2) is 29.2 Å². The molecule has 132 valence electrons. The first kappa shape index (κ1) is 17.5. The van der Waals surface area contributed by atoms with Gasteiger partial charge in [0.05, 0.1) is 4.90 Å². The van der Waals surface area contributed by atoms with Crippen molar-refractivity contribution in [3.8, 4) is 0 Å². The molecule has 1 aromatic rings. The molecule has 4 nitrogen and oxygen atoms in total. The Morgan fingerprint density at radius 1 is 1.21 bits per heavy atom. The maximum atomic E-state index is 12.7. The standard InChI is InChI=1S/C19H27NO3S/c1-19(2)13-20(17-6-4-5-16(17)19)18(21)12-9-14-7-10-15(11-8-14)24(3,22)23/h7-8,10-11,16-17H,4-6,9,12-13H2,1-3H3/t16-,17+/m0/s1. The van der Waals surface area contributed by atoms with Crippen LogP contribution < -0.4 is 0 Å². The molecule has 1 aromatic carbocycles. The van der Waals surface area contributed by atoms with Crippen molar-refractivity contribution in [1.82, 2.24) is 4.90 Å². The first-order valence-electron chi connectivity index (χ1n) is 8.77. The molecule has 0 unspecified atom stereocenters. The van der Waals surface area contributed by atoms with E-state index < -0.39 is 9.84 Å². The van der Waals surface area contributed by atoms with E-state index in [0.29, 0.717) is 29.7 Å². The summed E-state index contributed by atoms with van der Waals surface area (Å²) in [5, 5.41) is 0. The van der Waals surface area contributed by atoms with Crippen LogP contribution in [0.4, 0.5) is 0 Å². The molecule has 3 rings (SSSR count). The third-order valence-electron chi connectivity index (χ3n) is 5.76. The highest BCUT2D eigenvalue weighted by atomic mass is 32.2. The number of amides is 1. The van der Waals surface area contributed by atoms with Crippen LogP contribution in [0.1, 0.15) is 45.1 Å². The summed E-state index contributed by atoms with van der Waals surface area (Å²) in [6, 6.07) is 7.31. The molecular weight excluding hydrogens is 322 g/mol. The molecule has 5 heteroatoms. The Morgan fingerprint density at radius 3 is 2.50 bits per heavy atom. The Hall–Kier alpha value is -1.36. The van der Waals surface area contributed by atoms with Crippen molar-refractivity contribution in [2.75, 3.05) is 12.8 Å². The van der Waals surface area contributed by atoms with Crippen LogP contribution >= 0.6 is 0 Å². The monoisotopic (exact) mass is 349 g/mol. The van der Waals surface area contributed by atoms with Gasteiger partial charge in [-0.2, -0.15) is 0 Å². The van der Waals surface area contributed by atoms with Crippen LogP contribution in [0.5, 0.6) is 0 Å². The molecule has 2 atom stereocenters. The maximum Gasteiger partial charge on any atom is 0.223 e. The molecule has 2 aliphatic rings. The van der Waals surface area contributed by atoms with Gasteiger partial charge in [0.2, 0.25) is 5.91 Å². The van der Waals surface area contributed by atoms with Crippen LogP contribution in [0.25, 0.3) is 0 Å². The molecule has 1 heterocycles. The molecule has 24 heavy (non-hydrogen) atoms. The van der Waals surface area contributed by atoms with E-state index >= 15 is 0 Å². The van der Waals surface area contributed by atoms with Gasteiger partial charge in [-0.1, -0.05) is 32.4 Å². The molecule has 0 aromatic heterocycles. The summed E-state index contributed by atoms with van der Waals surface area (Å²) in [5.74, 6) is 0.889. The lowest BCUT2D eigenvalue weighted by atomic mass is 9.80. The van der Waals surface area contributed by atoms with Crippen molar-refractivity contribution in [1.29, 1.82) is 0 Å². The van der Waals surface area contributed by atoms with Gasteiger partial charge in [0.25, 0.3) is 0 Å². The van der Waals surface area contributed by atoms with Crippen LogP contribution in [-0.2, 0) is 21.1 Å². The van der Waals surface area contributed by atoms with Gasteiger partial charge in [-0.3, -0.25) is 4.79 Å². The van der Waals surface area contributed by atoms with Gasteiger partial charge >= 0.3 is 0 Å². The summed E-state index contributed by atoms with van der Waals surface area (Å²) in [4.78, 5) is 15.1. The Balaban J connectivity index is 1.62. The van der Waals surface area contributed by atoms with E-state index in [4.69, 9.17) is 0 Å². The van der Waals surface area contributed by atoms with Crippen LogP contribution in [-0.4, -0.2) is 38.1 Å². The quantitative estimate of drug-likeness (QED) is 0.839. The fourth-order valence-corrected chi connectivity index (χ4v) is 5.10. The van der Waals surface area contributed by atoms with Crippen LogP contribution in [0, 0.1) is 11.3 Å². The van der Waals surface area contributed by atoms with Crippen LogP contribution in [0.3, 0.4) is 0 Å². The summed E-state index contributed by atoms with van der Waals surface area (Å²) in [5.41, 5.74) is 1.24. The van der Waals surface area contributed by atoms with E-state index in [9.17, 15) is 13.2 Å². The molecular formula is C19H27NO3S. The average Bonchev–Trinajstić information content (AvgIpc) is 3.08. The van der Waals surface area contributed by atoms with Gasteiger partial charge in [-0.25, -0.2) is 8.42 Å². The lowest BCUT2D eigenvalue weighted by Gasteiger charge is -2.24. The van der Waals surface area contributed by atoms with Crippen molar-refractivity contribution in [3.63, 3.8) is 0 Å². The lowest BCUT2D eigenvalue weighted by Crippen LogP contribution is -2.36. The first-order valence-corrected chi connectivity index (χ1v) is 10.7. The molecule has 0 radical (unpaired) electrons. The number of sulfone groups is 1. The highest BCUT2D eigenvalue weighted by molar-refractivity contribution is 7.90.